The maximum atomic E-state index is 12.2. The molecule has 0 bridgehead atoms. The second-order valence-corrected chi connectivity index (χ2v) is 7.04. The number of anilines is 1. The summed E-state index contributed by atoms with van der Waals surface area (Å²) in [5, 5.41) is 12.7. The highest BCUT2D eigenvalue weighted by Gasteiger charge is 2.16. The molecule has 0 aliphatic heterocycles. The van der Waals surface area contributed by atoms with Crippen LogP contribution < -0.4 is 5.32 Å². The van der Waals surface area contributed by atoms with Crippen LogP contribution in [0.3, 0.4) is 0 Å². The molecule has 24 heavy (non-hydrogen) atoms. The van der Waals surface area contributed by atoms with Crippen LogP contribution in [0.4, 0.5) is 5.13 Å². The van der Waals surface area contributed by atoms with E-state index in [1.165, 1.54) is 17.6 Å². The Morgan fingerprint density at radius 3 is 2.71 bits per heavy atom. The molecule has 1 N–H and O–H groups in total. The van der Waals surface area contributed by atoms with Crippen LogP contribution in [-0.2, 0) is 0 Å². The van der Waals surface area contributed by atoms with Crippen LogP contribution in [0.15, 0.2) is 28.9 Å². The predicted molar refractivity (Wildman–Crippen MR) is 93.9 cm³/mol. The van der Waals surface area contributed by atoms with Crippen LogP contribution >= 0.6 is 34.5 Å². The van der Waals surface area contributed by atoms with Crippen molar-refractivity contribution in [2.45, 2.75) is 19.8 Å². The molecule has 0 spiro atoms. The van der Waals surface area contributed by atoms with Gasteiger partial charge in [0.2, 0.25) is 11.0 Å². The van der Waals surface area contributed by atoms with Gasteiger partial charge in [0.05, 0.1) is 10.0 Å². The summed E-state index contributed by atoms with van der Waals surface area (Å²) < 4.78 is 5.34. The standard InChI is InChI=1S/C15H12Cl2N4O2S/c1-7(2)14-20-21-15(24-14)19-12(22)11-6-23-13(18-11)8-3-4-9(16)10(17)5-8/h3-7H,1-2H3,(H,19,21,22). The lowest BCUT2D eigenvalue weighted by molar-refractivity contribution is 0.102. The summed E-state index contributed by atoms with van der Waals surface area (Å²) >= 11 is 13.2. The number of carbonyl (C=O) groups is 1. The highest BCUT2D eigenvalue weighted by atomic mass is 35.5. The Kier molecular flexibility index (Phi) is 4.84. The van der Waals surface area contributed by atoms with Gasteiger partial charge in [-0.15, -0.1) is 10.2 Å². The lowest BCUT2D eigenvalue weighted by Gasteiger charge is -1.98. The fourth-order valence-corrected chi connectivity index (χ4v) is 2.86. The first-order valence-electron chi connectivity index (χ1n) is 6.99. The van der Waals surface area contributed by atoms with E-state index in [1.807, 2.05) is 13.8 Å². The van der Waals surface area contributed by atoms with Gasteiger partial charge in [-0.2, -0.15) is 0 Å². The Morgan fingerprint density at radius 2 is 2.04 bits per heavy atom. The lowest BCUT2D eigenvalue weighted by Crippen LogP contribution is -2.12. The van der Waals surface area contributed by atoms with Crippen molar-refractivity contribution in [1.82, 2.24) is 15.2 Å². The van der Waals surface area contributed by atoms with Gasteiger partial charge in [0.15, 0.2) is 5.69 Å². The molecule has 0 saturated carbocycles. The van der Waals surface area contributed by atoms with E-state index >= 15 is 0 Å². The number of carbonyl (C=O) groups excluding carboxylic acids is 1. The second-order valence-electron chi connectivity index (χ2n) is 5.22. The van der Waals surface area contributed by atoms with Gasteiger partial charge in [-0.05, 0) is 18.2 Å². The molecule has 1 amide bonds. The molecule has 1 aromatic carbocycles. The Labute approximate surface area is 151 Å². The van der Waals surface area contributed by atoms with Gasteiger partial charge < -0.3 is 4.42 Å². The van der Waals surface area contributed by atoms with Gasteiger partial charge in [-0.1, -0.05) is 48.4 Å². The number of nitrogens with zero attached hydrogens (tertiary/aromatic N) is 3. The molecule has 2 aromatic heterocycles. The minimum absolute atomic E-state index is 0.136. The first-order valence-corrected chi connectivity index (χ1v) is 8.57. The molecule has 0 radical (unpaired) electrons. The molecule has 0 atom stereocenters. The number of halogens is 2. The fourth-order valence-electron chi connectivity index (χ4n) is 1.82. The maximum absolute atomic E-state index is 12.2. The third kappa shape index (κ3) is 3.58. The molecule has 3 aromatic rings. The van der Waals surface area contributed by atoms with E-state index in [-0.39, 0.29) is 17.5 Å². The van der Waals surface area contributed by atoms with Crippen LogP contribution in [0.5, 0.6) is 0 Å². The fraction of sp³-hybridized carbons (Fsp3) is 0.200. The number of oxazole rings is 1. The number of hydrogen-bond donors (Lipinski definition) is 1. The Bertz CT molecular complexity index is 891. The summed E-state index contributed by atoms with van der Waals surface area (Å²) in [6.45, 7) is 4.01. The zero-order valence-corrected chi connectivity index (χ0v) is 15.0. The van der Waals surface area contributed by atoms with Crippen molar-refractivity contribution in [2.75, 3.05) is 5.32 Å². The molecule has 0 aliphatic carbocycles. The minimum atomic E-state index is -0.420. The summed E-state index contributed by atoms with van der Waals surface area (Å²) in [5.74, 6) is 0.108. The Morgan fingerprint density at radius 1 is 1.25 bits per heavy atom. The number of nitrogens with one attached hydrogen (secondary N) is 1. The monoisotopic (exact) mass is 382 g/mol. The van der Waals surface area contributed by atoms with E-state index in [1.54, 1.807) is 18.2 Å². The van der Waals surface area contributed by atoms with Crippen LogP contribution in [0.25, 0.3) is 11.5 Å². The van der Waals surface area contributed by atoms with E-state index in [4.69, 9.17) is 27.6 Å². The third-order valence-electron chi connectivity index (χ3n) is 3.06. The third-order valence-corrected chi connectivity index (χ3v) is 4.94. The van der Waals surface area contributed by atoms with Crippen molar-refractivity contribution in [2.24, 2.45) is 0 Å². The van der Waals surface area contributed by atoms with Gasteiger partial charge in [0.1, 0.15) is 11.3 Å². The van der Waals surface area contributed by atoms with Gasteiger partial charge in [-0.25, -0.2) is 4.98 Å². The average Bonchev–Trinajstić information content (AvgIpc) is 3.19. The van der Waals surface area contributed by atoms with E-state index in [0.717, 1.165) is 5.01 Å². The van der Waals surface area contributed by atoms with Gasteiger partial charge in [0.25, 0.3) is 5.91 Å². The SMILES string of the molecule is CC(C)c1nnc(NC(=O)c2coc(-c3ccc(Cl)c(Cl)c3)n2)s1. The average molecular weight is 383 g/mol. The number of rotatable bonds is 4. The van der Waals surface area contributed by atoms with Crippen LogP contribution in [0, 0.1) is 0 Å². The van der Waals surface area contributed by atoms with E-state index in [2.05, 4.69) is 20.5 Å². The zero-order valence-electron chi connectivity index (χ0n) is 12.7. The summed E-state index contributed by atoms with van der Waals surface area (Å²) in [6.07, 6.45) is 1.28. The van der Waals surface area contributed by atoms with Crippen LogP contribution in [0.2, 0.25) is 10.0 Å². The highest BCUT2D eigenvalue weighted by Crippen LogP contribution is 2.28. The predicted octanol–water partition coefficient (Wildman–Crippen LogP) is 4.88. The quantitative estimate of drug-likeness (QED) is 0.695. The molecule has 6 nitrogen and oxygen atoms in total. The lowest BCUT2D eigenvalue weighted by atomic mass is 10.2. The first kappa shape index (κ1) is 16.9. The van der Waals surface area contributed by atoms with Crippen molar-refractivity contribution < 1.29 is 9.21 Å². The molecular weight excluding hydrogens is 371 g/mol. The number of hydrogen-bond acceptors (Lipinski definition) is 6. The van der Waals surface area contributed by atoms with Crippen molar-refractivity contribution in [3.8, 4) is 11.5 Å². The van der Waals surface area contributed by atoms with Crippen LogP contribution in [-0.4, -0.2) is 21.1 Å². The Balaban J connectivity index is 1.76. The zero-order chi connectivity index (χ0) is 17.3. The number of benzene rings is 1. The number of amides is 1. The topological polar surface area (TPSA) is 80.9 Å². The maximum Gasteiger partial charge on any atom is 0.279 e. The summed E-state index contributed by atoms with van der Waals surface area (Å²) in [5.41, 5.74) is 0.763. The molecule has 0 saturated heterocycles. The second kappa shape index (κ2) is 6.88. The normalized spacial score (nSPS) is 11.0. The van der Waals surface area contributed by atoms with Crippen LogP contribution in [0.1, 0.15) is 35.3 Å². The molecule has 9 heteroatoms. The molecule has 2 heterocycles. The number of aromatic nitrogens is 3. The van der Waals surface area contributed by atoms with E-state index in [9.17, 15) is 4.79 Å². The van der Waals surface area contributed by atoms with Crippen molar-refractivity contribution in [1.29, 1.82) is 0 Å². The summed E-state index contributed by atoms with van der Waals surface area (Å²) in [4.78, 5) is 16.4. The first-order chi connectivity index (χ1) is 11.4. The molecule has 0 fully saturated rings. The molecule has 0 unspecified atom stereocenters. The van der Waals surface area contributed by atoms with Crippen molar-refractivity contribution in [3.05, 3.63) is 45.2 Å². The van der Waals surface area contributed by atoms with Gasteiger partial charge in [-0.3, -0.25) is 10.1 Å². The Hall–Kier alpha value is -1.96. The van der Waals surface area contributed by atoms with Crippen molar-refractivity contribution >= 4 is 45.6 Å². The molecule has 3 rings (SSSR count). The van der Waals surface area contributed by atoms with Gasteiger partial charge >= 0.3 is 0 Å². The highest BCUT2D eigenvalue weighted by molar-refractivity contribution is 7.15. The smallest absolute Gasteiger partial charge is 0.279 e. The van der Waals surface area contributed by atoms with Gasteiger partial charge in [0, 0.05) is 11.5 Å². The molecule has 124 valence electrons. The van der Waals surface area contributed by atoms with E-state index in [0.29, 0.717) is 20.7 Å². The van der Waals surface area contributed by atoms with E-state index < -0.39 is 5.91 Å². The molecule has 0 aliphatic rings. The summed E-state index contributed by atoms with van der Waals surface area (Å²) in [6, 6.07) is 4.97. The summed E-state index contributed by atoms with van der Waals surface area (Å²) in [7, 11) is 0. The minimum Gasteiger partial charge on any atom is -0.444 e. The largest absolute Gasteiger partial charge is 0.444 e. The van der Waals surface area contributed by atoms with Crippen molar-refractivity contribution in [3.63, 3.8) is 0 Å². The molecular formula is C15H12Cl2N4O2S.